The number of aliphatic carboxylic acids is 1. The van der Waals surface area contributed by atoms with Crippen LogP contribution in [0.2, 0.25) is 0 Å². The van der Waals surface area contributed by atoms with Crippen LogP contribution in [0.3, 0.4) is 0 Å². The monoisotopic (exact) mass is 178 g/mol. The van der Waals surface area contributed by atoms with E-state index in [1.807, 2.05) is 0 Å². The molecule has 0 aliphatic carbocycles. The summed E-state index contributed by atoms with van der Waals surface area (Å²) in [5.74, 6) is -1.99. The predicted molar refractivity (Wildman–Crippen MR) is 37.5 cm³/mol. The van der Waals surface area contributed by atoms with Crippen molar-refractivity contribution in [3.8, 4) is 0 Å². The number of carboxylic acid groups (broad SMARTS) is 1. The van der Waals surface area contributed by atoms with Crippen LogP contribution in [0.15, 0.2) is 0 Å². The minimum atomic E-state index is -2.20. The first kappa shape index (κ1) is 9.41. The van der Waals surface area contributed by atoms with Crippen LogP contribution in [0, 0.1) is 5.92 Å². The first-order chi connectivity index (χ1) is 5.63. The Labute approximate surface area is 69.0 Å². The molecule has 5 heteroatoms. The quantitative estimate of drug-likeness (QED) is 0.628. The van der Waals surface area contributed by atoms with E-state index in [0.717, 1.165) is 0 Å². The zero-order chi connectivity index (χ0) is 9.14. The molecular weight excluding hydrogens is 167 g/mol. The van der Waals surface area contributed by atoms with E-state index in [0.29, 0.717) is 13.0 Å². The standard InChI is InChI=1S/C7H11FO4/c8-5(7(10)11)6(9)4-1-2-12-3-4/h4-6,9H,1-3H2,(H,10,11). The molecule has 0 radical (unpaired) electrons. The molecular formula is C7H11FO4. The second kappa shape index (κ2) is 3.82. The summed E-state index contributed by atoms with van der Waals surface area (Å²) in [4.78, 5) is 10.1. The van der Waals surface area contributed by atoms with Crippen LogP contribution in [0.4, 0.5) is 4.39 Å². The molecule has 0 spiro atoms. The summed E-state index contributed by atoms with van der Waals surface area (Å²) in [5, 5.41) is 17.4. The summed E-state index contributed by atoms with van der Waals surface area (Å²) in [6.07, 6.45) is -3.11. The molecule has 1 aliphatic rings. The molecule has 1 saturated heterocycles. The van der Waals surface area contributed by atoms with Crippen molar-refractivity contribution >= 4 is 5.97 Å². The van der Waals surface area contributed by atoms with Gasteiger partial charge in [0.25, 0.3) is 0 Å². The van der Waals surface area contributed by atoms with Gasteiger partial charge in [-0.3, -0.25) is 0 Å². The van der Waals surface area contributed by atoms with Gasteiger partial charge in [0.2, 0.25) is 6.17 Å². The van der Waals surface area contributed by atoms with Gasteiger partial charge in [-0.1, -0.05) is 0 Å². The van der Waals surface area contributed by atoms with Crippen molar-refractivity contribution in [2.24, 2.45) is 5.92 Å². The number of aliphatic hydroxyl groups is 1. The van der Waals surface area contributed by atoms with E-state index >= 15 is 0 Å². The molecule has 0 aromatic carbocycles. The predicted octanol–water partition coefficient (Wildman–Crippen LogP) is -0.194. The van der Waals surface area contributed by atoms with Crippen LogP contribution in [-0.4, -0.2) is 41.7 Å². The van der Waals surface area contributed by atoms with Crippen molar-refractivity contribution < 1.29 is 24.1 Å². The first-order valence-corrected chi connectivity index (χ1v) is 3.75. The highest BCUT2D eigenvalue weighted by Gasteiger charge is 2.34. The normalized spacial score (nSPS) is 28.3. The highest BCUT2D eigenvalue weighted by Crippen LogP contribution is 2.20. The average molecular weight is 178 g/mol. The van der Waals surface area contributed by atoms with Gasteiger partial charge in [-0.25, -0.2) is 9.18 Å². The molecule has 2 N–H and O–H groups in total. The Morgan fingerprint density at radius 3 is 2.75 bits per heavy atom. The summed E-state index contributed by atoms with van der Waals surface area (Å²) in [6.45, 7) is 0.711. The number of alkyl halides is 1. The highest BCUT2D eigenvalue weighted by atomic mass is 19.1. The topological polar surface area (TPSA) is 66.8 Å². The molecule has 0 aromatic heterocycles. The van der Waals surface area contributed by atoms with E-state index < -0.39 is 18.2 Å². The number of aliphatic hydroxyl groups excluding tert-OH is 1. The van der Waals surface area contributed by atoms with Crippen molar-refractivity contribution in [3.63, 3.8) is 0 Å². The second-order valence-electron chi connectivity index (χ2n) is 2.85. The Balaban J connectivity index is 2.44. The second-order valence-corrected chi connectivity index (χ2v) is 2.85. The Morgan fingerprint density at radius 2 is 2.33 bits per heavy atom. The molecule has 0 aromatic rings. The van der Waals surface area contributed by atoms with Crippen LogP contribution < -0.4 is 0 Å². The van der Waals surface area contributed by atoms with Gasteiger partial charge in [-0.15, -0.1) is 0 Å². The molecule has 1 heterocycles. The number of rotatable bonds is 3. The van der Waals surface area contributed by atoms with E-state index in [1.165, 1.54) is 0 Å². The minimum Gasteiger partial charge on any atom is -0.479 e. The van der Waals surface area contributed by atoms with Crippen LogP contribution in [0.1, 0.15) is 6.42 Å². The summed E-state index contributed by atoms with van der Waals surface area (Å²) in [6, 6.07) is 0. The van der Waals surface area contributed by atoms with Crippen LogP contribution in [-0.2, 0) is 9.53 Å². The third kappa shape index (κ3) is 1.92. The molecule has 0 bridgehead atoms. The number of halogens is 1. The fourth-order valence-corrected chi connectivity index (χ4v) is 1.21. The minimum absolute atomic E-state index is 0.245. The van der Waals surface area contributed by atoms with Crippen molar-refractivity contribution in [1.82, 2.24) is 0 Å². The van der Waals surface area contributed by atoms with Gasteiger partial charge < -0.3 is 14.9 Å². The Morgan fingerprint density at radius 1 is 1.67 bits per heavy atom. The molecule has 12 heavy (non-hydrogen) atoms. The first-order valence-electron chi connectivity index (χ1n) is 3.75. The molecule has 0 saturated carbocycles. The van der Waals surface area contributed by atoms with Gasteiger partial charge in [-0.2, -0.15) is 0 Å². The zero-order valence-electron chi connectivity index (χ0n) is 6.44. The van der Waals surface area contributed by atoms with Crippen LogP contribution >= 0.6 is 0 Å². The summed E-state index contributed by atoms with van der Waals surface area (Å²) < 4.78 is 17.6. The Kier molecular flexibility index (Phi) is 2.99. The summed E-state index contributed by atoms with van der Waals surface area (Å²) in [7, 11) is 0. The van der Waals surface area contributed by atoms with E-state index in [-0.39, 0.29) is 12.5 Å². The molecule has 0 amide bonds. The SMILES string of the molecule is O=C(O)C(F)C(O)C1CCOC1. The lowest BCUT2D eigenvalue weighted by atomic mass is 9.98. The number of hydrogen-bond acceptors (Lipinski definition) is 3. The fourth-order valence-electron chi connectivity index (χ4n) is 1.21. The maximum atomic E-state index is 12.7. The van der Waals surface area contributed by atoms with Gasteiger partial charge in [-0.05, 0) is 6.42 Å². The lowest BCUT2D eigenvalue weighted by Crippen LogP contribution is -2.36. The molecule has 1 fully saturated rings. The van der Waals surface area contributed by atoms with Crippen LogP contribution in [0.25, 0.3) is 0 Å². The molecule has 4 nitrogen and oxygen atoms in total. The van der Waals surface area contributed by atoms with Gasteiger partial charge in [0.15, 0.2) is 0 Å². The average Bonchev–Trinajstić information content (AvgIpc) is 2.53. The Bertz CT molecular complexity index is 167. The van der Waals surface area contributed by atoms with Crippen LogP contribution in [0.5, 0.6) is 0 Å². The maximum absolute atomic E-state index is 12.7. The van der Waals surface area contributed by atoms with Gasteiger partial charge in [0, 0.05) is 12.5 Å². The summed E-state index contributed by atoms with van der Waals surface area (Å²) >= 11 is 0. The number of carbonyl (C=O) groups is 1. The fraction of sp³-hybridized carbons (Fsp3) is 0.857. The number of hydrogen-bond donors (Lipinski definition) is 2. The van der Waals surface area contributed by atoms with Gasteiger partial charge >= 0.3 is 5.97 Å². The third-order valence-electron chi connectivity index (χ3n) is 1.98. The van der Waals surface area contributed by atoms with E-state index in [4.69, 9.17) is 14.9 Å². The van der Waals surface area contributed by atoms with Gasteiger partial charge in [0.1, 0.15) is 6.10 Å². The molecule has 3 unspecified atom stereocenters. The highest BCUT2D eigenvalue weighted by molar-refractivity contribution is 5.72. The Hall–Kier alpha value is -0.680. The molecule has 3 atom stereocenters. The van der Waals surface area contributed by atoms with E-state index in [1.54, 1.807) is 0 Å². The van der Waals surface area contributed by atoms with E-state index in [2.05, 4.69) is 0 Å². The third-order valence-corrected chi connectivity index (χ3v) is 1.98. The van der Waals surface area contributed by atoms with Gasteiger partial charge in [0.05, 0.1) is 6.61 Å². The molecule has 1 aliphatic heterocycles. The van der Waals surface area contributed by atoms with Crippen molar-refractivity contribution in [2.45, 2.75) is 18.7 Å². The lowest BCUT2D eigenvalue weighted by Gasteiger charge is -2.16. The largest absolute Gasteiger partial charge is 0.479 e. The van der Waals surface area contributed by atoms with E-state index in [9.17, 15) is 9.18 Å². The van der Waals surface area contributed by atoms with Crippen molar-refractivity contribution in [1.29, 1.82) is 0 Å². The lowest BCUT2D eigenvalue weighted by molar-refractivity contribution is -0.148. The number of ether oxygens (including phenoxy) is 1. The maximum Gasteiger partial charge on any atom is 0.341 e. The number of carboxylic acids is 1. The smallest absolute Gasteiger partial charge is 0.341 e. The van der Waals surface area contributed by atoms with Crippen molar-refractivity contribution in [3.05, 3.63) is 0 Å². The zero-order valence-corrected chi connectivity index (χ0v) is 6.44. The molecule has 70 valence electrons. The van der Waals surface area contributed by atoms with Crippen molar-refractivity contribution in [2.75, 3.05) is 13.2 Å². The summed E-state index contributed by atoms with van der Waals surface area (Å²) in [5.41, 5.74) is 0. The molecule has 1 rings (SSSR count).